The molecule has 0 unspecified atom stereocenters. The third-order valence-corrected chi connectivity index (χ3v) is 3.79. The Kier molecular flexibility index (Phi) is 4.09. The van der Waals surface area contributed by atoms with Gasteiger partial charge in [-0.05, 0) is 33.6 Å². The molecule has 0 aliphatic carbocycles. The number of nitrogens with zero attached hydrogens (tertiary/aromatic N) is 3. The van der Waals surface area contributed by atoms with Crippen molar-refractivity contribution >= 4 is 45.5 Å². The molecule has 1 aromatic carbocycles. The molecule has 0 bridgehead atoms. The van der Waals surface area contributed by atoms with E-state index in [1.165, 1.54) is 38.4 Å². The van der Waals surface area contributed by atoms with Crippen molar-refractivity contribution in [3.63, 3.8) is 0 Å². The molecule has 0 radical (unpaired) electrons. The molecule has 9 heteroatoms. The molecule has 0 saturated carbocycles. The van der Waals surface area contributed by atoms with Crippen LogP contribution in [-0.2, 0) is 9.59 Å². The third kappa shape index (κ3) is 2.62. The summed E-state index contributed by atoms with van der Waals surface area (Å²) in [5.74, 6) is -1.50. The van der Waals surface area contributed by atoms with Crippen molar-refractivity contribution < 1.29 is 19.3 Å². The molecule has 0 atom stereocenters. The van der Waals surface area contributed by atoms with Gasteiger partial charge in [0.1, 0.15) is 5.57 Å². The number of carbonyl (C=O) groups is 3. The molecule has 1 aromatic rings. The number of rotatable bonds is 2. The largest absolute Gasteiger partial charge is 0.333 e. The highest BCUT2D eigenvalue weighted by Gasteiger charge is 2.37. The van der Waals surface area contributed by atoms with Crippen LogP contribution < -0.4 is 0 Å². The lowest BCUT2D eigenvalue weighted by atomic mass is 10.1. The maximum Gasteiger partial charge on any atom is 0.333 e. The van der Waals surface area contributed by atoms with E-state index in [2.05, 4.69) is 15.9 Å². The molecule has 8 nitrogen and oxygen atoms in total. The number of halogens is 1. The zero-order valence-corrected chi connectivity index (χ0v) is 13.2. The van der Waals surface area contributed by atoms with Gasteiger partial charge in [-0.3, -0.25) is 29.5 Å². The summed E-state index contributed by atoms with van der Waals surface area (Å²) in [6, 6.07) is 3.46. The summed E-state index contributed by atoms with van der Waals surface area (Å²) >= 11 is 3.05. The Morgan fingerprint density at radius 1 is 1.14 bits per heavy atom. The van der Waals surface area contributed by atoms with Crippen molar-refractivity contribution in [3.05, 3.63) is 43.9 Å². The summed E-state index contributed by atoms with van der Waals surface area (Å²) in [7, 11) is 2.51. The summed E-state index contributed by atoms with van der Waals surface area (Å²) in [4.78, 5) is 47.6. The summed E-state index contributed by atoms with van der Waals surface area (Å²) < 4.78 is 0.283. The molecule has 0 spiro atoms. The van der Waals surface area contributed by atoms with Gasteiger partial charge in [0.25, 0.3) is 17.5 Å². The predicted octanol–water partition coefficient (Wildman–Crippen LogP) is 1.79. The smallest absolute Gasteiger partial charge is 0.268 e. The molecule has 114 valence electrons. The lowest BCUT2D eigenvalue weighted by Crippen LogP contribution is -2.52. The van der Waals surface area contributed by atoms with Crippen LogP contribution in [0.2, 0.25) is 0 Å². The number of likely N-dealkylation sites (N-methyl/N-ethyl adjacent to an activating group) is 2. The van der Waals surface area contributed by atoms with Gasteiger partial charge in [-0.25, -0.2) is 4.79 Å². The SMILES string of the molecule is CN1C(=O)C(=Cc2ccc(Br)c([N+](=O)[O-])c2)C(=O)N(C)C1=O. The monoisotopic (exact) mass is 367 g/mol. The van der Waals surface area contributed by atoms with Gasteiger partial charge in [0.05, 0.1) is 9.40 Å². The van der Waals surface area contributed by atoms with E-state index in [0.29, 0.717) is 5.56 Å². The minimum absolute atomic E-state index is 0.192. The standard InChI is InChI=1S/C13H10BrN3O5/c1-15-11(18)8(12(19)16(2)13(15)20)5-7-3-4-9(14)10(6-7)17(21)22/h3-6H,1-2H3. The van der Waals surface area contributed by atoms with Gasteiger partial charge in [-0.2, -0.15) is 0 Å². The Morgan fingerprint density at radius 2 is 1.68 bits per heavy atom. The quantitative estimate of drug-likeness (QED) is 0.343. The minimum atomic E-state index is -0.751. The van der Waals surface area contributed by atoms with E-state index in [1.54, 1.807) is 0 Å². The van der Waals surface area contributed by atoms with Gasteiger partial charge in [-0.15, -0.1) is 0 Å². The predicted molar refractivity (Wildman–Crippen MR) is 79.7 cm³/mol. The van der Waals surface area contributed by atoms with E-state index in [1.807, 2.05) is 0 Å². The van der Waals surface area contributed by atoms with E-state index < -0.39 is 22.8 Å². The summed E-state index contributed by atoms with van der Waals surface area (Å²) in [6.07, 6.45) is 1.23. The fourth-order valence-electron chi connectivity index (χ4n) is 1.90. The van der Waals surface area contributed by atoms with Crippen molar-refractivity contribution in [1.82, 2.24) is 9.80 Å². The van der Waals surface area contributed by atoms with Crippen LogP contribution in [0.25, 0.3) is 6.08 Å². The first-order valence-corrected chi connectivity index (χ1v) is 6.79. The average molecular weight is 368 g/mol. The number of imide groups is 2. The first kappa shape index (κ1) is 15.8. The van der Waals surface area contributed by atoms with Crippen molar-refractivity contribution in [2.45, 2.75) is 0 Å². The number of hydrogen-bond donors (Lipinski definition) is 0. The summed E-state index contributed by atoms with van der Waals surface area (Å²) in [5.41, 5.74) is -0.119. The van der Waals surface area contributed by atoms with Crippen molar-refractivity contribution in [1.29, 1.82) is 0 Å². The molecule has 22 heavy (non-hydrogen) atoms. The fraction of sp³-hybridized carbons (Fsp3) is 0.154. The molecule has 4 amide bonds. The number of carbonyl (C=O) groups excluding carboxylic acids is 3. The highest BCUT2D eigenvalue weighted by Crippen LogP contribution is 2.27. The molecule has 1 saturated heterocycles. The number of barbiturate groups is 1. The molecule has 0 aromatic heterocycles. The summed E-state index contributed by atoms with van der Waals surface area (Å²) in [5, 5.41) is 10.9. The van der Waals surface area contributed by atoms with Gasteiger partial charge < -0.3 is 0 Å². The molecule has 1 fully saturated rings. The molecule has 0 N–H and O–H groups in total. The Labute approximate surface area is 133 Å². The third-order valence-electron chi connectivity index (χ3n) is 3.12. The second-order valence-electron chi connectivity index (χ2n) is 4.54. The van der Waals surface area contributed by atoms with Gasteiger partial charge >= 0.3 is 6.03 Å². The Hall–Kier alpha value is -2.55. The first-order chi connectivity index (χ1) is 10.2. The van der Waals surface area contributed by atoms with Crippen molar-refractivity contribution in [3.8, 4) is 0 Å². The van der Waals surface area contributed by atoms with Gasteiger partial charge in [0.15, 0.2) is 0 Å². The van der Waals surface area contributed by atoms with Crippen LogP contribution in [0.4, 0.5) is 10.5 Å². The van der Waals surface area contributed by atoms with Crippen LogP contribution in [0.3, 0.4) is 0 Å². The van der Waals surface area contributed by atoms with Crippen LogP contribution in [-0.4, -0.2) is 46.7 Å². The minimum Gasteiger partial charge on any atom is -0.268 e. The van der Waals surface area contributed by atoms with Crippen LogP contribution in [0.15, 0.2) is 28.2 Å². The average Bonchev–Trinajstić information content (AvgIpc) is 2.49. The number of nitro benzene ring substituents is 1. The van der Waals surface area contributed by atoms with Gasteiger partial charge in [-0.1, -0.05) is 6.07 Å². The number of benzene rings is 1. The van der Waals surface area contributed by atoms with Crippen LogP contribution >= 0.6 is 15.9 Å². The normalized spacial score (nSPS) is 15.4. The fourth-order valence-corrected chi connectivity index (χ4v) is 2.29. The molecule has 1 aliphatic heterocycles. The molecule has 1 heterocycles. The van der Waals surface area contributed by atoms with Gasteiger partial charge in [0, 0.05) is 20.2 Å². The van der Waals surface area contributed by atoms with E-state index in [4.69, 9.17) is 0 Å². The second-order valence-corrected chi connectivity index (χ2v) is 5.39. The topological polar surface area (TPSA) is 101 Å². The van der Waals surface area contributed by atoms with Gasteiger partial charge in [0.2, 0.25) is 0 Å². The highest BCUT2D eigenvalue weighted by atomic mass is 79.9. The Balaban J connectivity index is 2.50. The second kappa shape index (κ2) is 5.68. The highest BCUT2D eigenvalue weighted by molar-refractivity contribution is 9.10. The van der Waals surface area contributed by atoms with E-state index in [-0.39, 0.29) is 15.7 Å². The molecular weight excluding hydrogens is 358 g/mol. The van der Waals surface area contributed by atoms with E-state index in [0.717, 1.165) is 9.80 Å². The maximum absolute atomic E-state index is 12.0. The lowest BCUT2D eigenvalue weighted by molar-refractivity contribution is -0.385. The van der Waals surface area contributed by atoms with Crippen LogP contribution in [0, 0.1) is 10.1 Å². The summed E-state index contributed by atoms with van der Waals surface area (Å²) in [6.45, 7) is 0. The van der Waals surface area contributed by atoms with Crippen molar-refractivity contribution in [2.75, 3.05) is 14.1 Å². The first-order valence-electron chi connectivity index (χ1n) is 5.99. The number of amides is 4. The zero-order chi connectivity index (χ0) is 16.6. The van der Waals surface area contributed by atoms with Crippen LogP contribution in [0.1, 0.15) is 5.56 Å². The van der Waals surface area contributed by atoms with Crippen LogP contribution in [0.5, 0.6) is 0 Å². The Bertz CT molecular complexity index is 717. The number of hydrogen-bond acceptors (Lipinski definition) is 5. The maximum atomic E-state index is 12.0. The van der Waals surface area contributed by atoms with E-state index in [9.17, 15) is 24.5 Å². The molecular formula is C13H10BrN3O5. The number of urea groups is 1. The zero-order valence-electron chi connectivity index (χ0n) is 11.6. The number of nitro groups is 1. The molecule has 2 rings (SSSR count). The van der Waals surface area contributed by atoms with Crippen molar-refractivity contribution in [2.24, 2.45) is 0 Å². The van der Waals surface area contributed by atoms with E-state index >= 15 is 0 Å². The lowest BCUT2D eigenvalue weighted by Gasteiger charge is -2.28. The molecule has 1 aliphatic rings. The Morgan fingerprint density at radius 3 is 2.18 bits per heavy atom.